The molecule has 0 aliphatic carbocycles. The van der Waals surface area contributed by atoms with Gasteiger partial charge >= 0.3 is 0 Å². The van der Waals surface area contributed by atoms with Crippen molar-refractivity contribution in [3.63, 3.8) is 0 Å². The lowest BCUT2D eigenvalue weighted by Gasteiger charge is -2.20. The van der Waals surface area contributed by atoms with Gasteiger partial charge in [-0.15, -0.1) is 0 Å². The molecule has 2 aromatic heterocycles. The molecule has 0 aliphatic heterocycles. The molecule has 10 heteroatoms. The van der Waals surface area contributed by atoms with Gasteiger partial charge < -0.3 is 25.5 Å². The van der Waals surface area contributed by atoms with E-state index in [1.165, 1.54) is 0 Å². The van der Waals surface area contributed by atoms with Crippen LogP contribution in [0.3, 0.4) is 0 Å². The number of carbonyl (C=O) groups excluding carboxylic acids is 2. The highest BCUT2D eigenvalue weighted by atomic mass is 79.9. The van der Waals surface area contributed by atoms with Gasteiger partial charge in [0, 0.05) is 30.1 Å². The number of imidazole rings is 1. The zero-order valence-corrected chi connectivity index (χ0v) is 23.4. The second kappa shape index (κ2) is 12.4. The molecule has 2 amide bonds. The van der Waals surface area contributed by atoms with E-state index in [2.05, 4.69) is 26.6 Å². The Labute approximate surface area is 234 Å². The lowest BCUT2D eigenvalue weighted by Crippen LogP contribution is -2.46. The second-order valence-electron chi connectivity index (χ2n) is 9.10. The number of ether oxygens (including phenoxy) is 1. The van der Waals surface area contributed by atoms with Crippen LogP contribution >= 0.6 is 27.5 Å². The van der Waals surface area contributed by atoms with Crippen molar-refractivity contribution in [2.24, 2.45) is 5.73 Å². The Morgan fingerprint density at radius 3 is 2.58 bits per heavy atom. The molecule has 38 heavy (non-hydrogen) atoms. The average Bonchev–Trinajstić information content (AvgIpc) is 3.34. The fraction of sp³-hybridized carbons (Fsp3) is 0.250. The first kappa shape index (κ1) is 27.6. The molecular weight excluding hydrogens is 570 g/mol. The van der Waals surface area contributed by atoms with Gasteiger partial charge in [-0.05, 0) is 72.1 Å². The zero-order valence-electron chi connectivity index (χ0n) is 21.1. The lowest BCUT2D eigenvalue weighted by molar-refractivity contribution is -0.119. The molecule has 4 N–H and O–H groups in total. The number of rotatable bonds is 10. The average molecular weight is 599 g/mol. The quantitative estimate of drug-likeness (QED) is 0.247. The molecule has 0 aliphatic rings. The van der Waals surface area contributed by atoms with Crippen molar-refractivity contribution in [2.75, 3.05) is 13.1 Å². The maximum Gasteiger partial charge on any atom is 0.251 e. The standard InChI is InChI=1S/C28H29BrClN5O3/c1-17(2)38-25-10-9-20(13-23(25)30)28(37)33-21(15-32-26(36)14-31)12-18-5-7-19(8-6-18)24-16-35-11-3-4-22(29)27(35)34-24/h3-11,13,16-17,21H,12,14-15,31H2,1-2H3,(H,32,36)(H,33,37). The Balaban J connectivity index is 1.48. The number of benzene rings is 2. The smallest absolute Gasteiger partial charge is 0.251 e. The van der Waals surface area contributed by atoms with E-state index in [0.29, 0.717) is 22.8 Å². The molecule has 0 saturated carbocycles. The van der Waals surface area contributed by atoms with Crippen LogP contribution in [0.25, 0.3) is 16.9 Å². The Kier molecular flexibility index (Phi) is 9.04. The van der Waals surface area contributed by atoms with E-state index in [9.17, 15) is 9.59 Å². The monoisotopic (exact) mass is 597 g/mol. The summed E-state index contributed by atoms with van der Waals surface area (Å²) in [5.74, 6) is -0.0826. The number of carbonyl (C=O) groups is 2. The van der Waals surface area contributed by atoms with Gasteiger partial charge in [0.25, 0.3) is 5.91 Å². The highest BCUT2D eigenvalue weighted by molar-refractivity contribution is 9.10. The minimum Gasteiger partial charge on any atom is -0.489 e. The Morgan fingerprint density at radius 2 is 1.92 bits per heavy atom. The first-order valence-electron chi connectivity index (χ1n) is 12.2. The molecule has 0 saturated heterocycles. The highest BCUT2D eigenvalue weighted by Gasteiger charge is 2.17. The molecular formula is C28H29BrClN5O3. The molecule has 2 heterocycles. The summed E-state index contributed by atoms with van der Waals surface area (Å²) in [5.41, 5.74) is 9.49. The Morgan fingerprint density at radius 1 is 1.16 bits per heavy atom. The largest absolute Gasteiger partial charge is 0.489 e. The van der Waals surface area contributed by atoms with Gasteiger partial charge in [-0.25, -0.2) is 4.98 Å². The number of aromatic nitrogens is 2. The highest BCUT2D eigenvalue weighted by Crippen LogP contribution is 2.27. The van der Waals surface area contributed by atoms with Crippen LogP contribution in [-0.4, -0.2) is 46.4 Å². The van der Waals surface area contributed by atoms with E-state index in [-0.39, 0.29) is 37.0 Å². The van der Waals surface area contributed by atoms with E-state index < -0.39 is 0 Å². The van der Waals surface area contributed by atoms with Gasteiger partial charge in [-0.1, -0.05) is 35.9 Å². The molecule has 8 nitrogen and oxygen atoms in total. The summed E-state index contributed by atoms with van der Waals surface area (Å²) in [6.45, 7) is 3.91. The van der Waals surface area contributed by atoms with Crippen LogP contribution in [0, 0.1) is 0 Å². The van der Waals surface area contributed by atoms with Gasteiger partial charge in [-0.2, -0.15) is 0 Å². The Hall–Kier alpha value is -3.40. The van der Waals surface area contributed by atoms with E-state index in [1.54, 1.807) is 18.2 Å². The lowest BCUT2D eigenvalue weighted by atomic mass is 10.0. The summed E-state index contributed by atoms with van der Waals surface area (Å²) in [4.78, 5) is 29.5. The summed E-state index contributed by atoms with van der Waals surface area (Å²) in [5, 5.41) is 6.13. The predicted octanol–water partition coefficient (Wildman–Crippen LogP) is 4.62. The Bertz CT molecular complexity index is 1440. The van der Waals surface area contributed by atoms with Crippen LogP contribution in [0.5, 0.6) is 5.75 Å². The van der Waals surface area contributed by atoms with E-state index >= 15 is 0 Å². The molecule has 0 fully saturated rings. The maximum atomic E-state index is 13.0. The third-order valence-electron chi connectivity index (χ3n) is 5.79. The molecule has 198 valence electrons. The molecule has 0 radical (unpaired) electrons. The normalized spacial score (nSPS) is 11.9. The summed E-state index contributed by atoms with van der Waals surface area (Å²) >= 11 is 9.86. The van der Waals surface area contributed by atoms with E-state index in [4.69, 9.17) is 27.1 Å². The number of hydrogen-bond acceptors (Lipinski definition) is 5. The van der Waals surface area contributed by atoms with Crippen LogP contribution in [-0.2, 0) is 11.2 Å². The molecule has 1 unspecified atom stereocenters. The van der Waals surface area contributed by atoms with Crippen molar-refractivity contribution in [1.29, 1.82) is 0 Å². The number of amides is 2. The molecule has 0 bridgehead atoms. The number of halogens is 2. The summed E-state index contributed by atoms with van der Waals surface area (Å²) in [7, 11) is 0. The zero-order chi connectivity index (χ0) is 27.2. The number of nitrogens with zero attached hydrogens (tertiary/aromatic N) is 2. The summed E-state index contributed by atoms with van der Waals surface area (Å²) in [6.07, 6.45) is 4.38. The predicted molar refractivity (Wildman–Crippen MR) is 153 cm³/mol. The van der Waals surface area contributed by atoms with Gasteiger partial charge in [0.15, 0.2) is 5.65 Å². The fourth-order valence-electron chi connectivity index (χ4n) is 3.96. The summed E-state index contributed by atoms with van der Waals surface area (Å²) < 4.78 is 8.54. The minimum absolute atomic E-state index is 0.0383. The first-order chi connectivity index (χ1) is 18.2. The van der Waals surface area contributed by atoms with Crippen molar-refractivity contribution in [3.8, 4) is 17.0 Å². The third-order valence-corrected chi connectivity index (χ3v) is 6.70. The van der Waals surface area contributed by atoms with Crippen LogP contribution in [0.2, 0.25) is 5.02 Å². The van der Waals surface area contributed by atoms with Crippen LogP contribution < -0.4 is 21.1 Å². The van der Waals surface area contributed by atoms with Gasteiger partial charge in [-0.3, -0.25) is 9.59 Å². The number of nitrogens with two attached hydrogens (primary N) is 1. The van der Waals surface area contributed by atoms with Crippen LogP contribution in [0.1, 0.15) is 29.8 Å². The van der Waals surface area contributed by atoms with E-state index in [0.717, 1.165) is 26.9 Å². The summed E-state index contributed by atoms with van der Waals surface area (Å²) in [6, 6.07) is 16.4. The van der Waals surface area contributed by atoms with Gasteiger partial charge in [0.05, 0.1) is 33.9 Å². The van der Waals surface area contributed by atoms with Crippen molar-refractivity contribution in [2.45, 2.75) is 32.4 Å². The van der Waals surface area contributed by atoms with Crippen LogP contribution in [0.15, 0.2) is 71.5 Å². The SMILES string of the molecule is CC(C)Oc1ccc(C(=O)NC(CNC(=O)CN)Cc2ccc(-c3cn4cccc(Br)c4n3)cc2)cc1Cl. The number of fused-ring (bicyclic) bond motifs is 1. The number of hydrogen-bond donors (Lipinski definition) is 3. The van der Waals surface area contributed by atoms with Crippen molar-refractivity contribution >= 4 is 45.0 Å². The second-order valence-corrected chi connectivity index (χ2v) is 10.4. The molecule has 4 rings (SSSR count). The minimum atomic E-state index is -0.375. The number of nitrogens with one attached hydrogen (secondary N) is 2. The topological polar surface area (TPSA) is 111 Å². The molecule has 4 aromatic rings. The van der Waals surface area contributed by atoms with Crippen molar-refractivity contribution < 1.29 is 14.3 Å². The molecule has 0 spiro atoms. The fourth-order valence-corrected chi connectivity index (χ4v) is 4.63. The van der Waals surface area contributed by atoms with Gasteiger partial charge in [0.1, 0.15) is 5.75 Å². The van der Waals surface area contributed by atoms with Crippen molar-refractivity contribution in [3.05, 3.63) is 87.6 Å². The van der Waals surface area contributed by atoms with E-state index in [1.807, 2.05) is 67.0 Å². The molecule has 2 aromatic carbocycles. The molecule has 1 atom stereocenters. The first-order valence-corrected chi connectivity index (χ1v) is 13.4. The number of pyridine rings is 1. The maximum absolute atomic E-state index is 13.0. The van der Waals surface area contributed by atoms with Gasteiger partial charge in [0.2, 0.25) is 5.91 Å². The third kappa shape index (κ3) is 6.92. The van der Waals surface area contributed by atoms with Crippen molar-refractivity contribution in [1.82, 2.24) is 20.0 Å². The van der Waals surface area contributed by atoms with Crippen LogP contribution in [0.4, 0.5) is 0 Å².